The van der Waals surface area contributed by atoms with E-state index in [0.717, 1.165) is 19.3 Å². The van der Waals surface area contributed by atoms with Gasteiger partial charge in [-0.3, -0.25) is 14.9 Å². The van der Waals surface area contributed by atoms with E-state index in [1.807, 2.05) is 0 Å². The molecule has 1 N–H and O–H groups in total. The highest BCUT2D eigenvalue weighted by molar-refractivity contribution is 6.00. The van der Waals surface area contributed by atoms with Crippen molar-refractivity contribution >= 4 is 11.8 Å². The number of amides is 2. The number of hydrogen-bond donors (Lipinski definition) is 1. The van der Waals surface area contributed by atoms with Gasteiger partial charge in [-0.2, -0.15) is 0 Å². The predicted molar refractivity (Wildman–Crippen MR) is 77.5 cm³/mol. The number of carbonyl (C=O) groups is 2. The molecule has 0 aliphatic carbocycles. The lowest BCUT2D eigenvalue weighted by atomic mass is 9.67. The zero-order valence-electron chi connectivity index (χ0n) is 13.3. The Morgan fingerprint density at radius 3 is 2.11 bits per heavy atom. The molecule has 0 spiro atoms. The number of imide groups is 1. The fraction of sp³-hybridized carbons (Fsp3) is 0.875. The Balaban J connectivity index is 2.85. The van der Waals surface area contributed by atoms with Crippen LogP contribution in [0.1, 0.15) is 67.2 Å². The lowest BCUT2D eigenvalue weighted by Crippen LogP contribution is -2.51. The highest BCUT2D eigenvalue weighted by Crippen LogP contribution is 2.40. The number of rotatable bonds is 5. The molecular weight excluding hydrogens is 238 g/mol. The average molecular weight is 267 g/mol. The van der Waals surface area contributed by atoms with Crippen LogP contribution in [0.5, 0.6) is 0 Å². The second-order valence-electron chi connectivity index (χ2n) is 7.40. The zero-order chi connectivity index (χ0) is 14.8. The molecule has 2 unspecified atom stereocenters. The summed E-state index contributed by atoms with van der Waals surface area (Å²) in [5.74, 6) is -0.228. The zero-order valence-corrected chi connectivity index (χ0v) is 13.3. The SMILES string of the molecule is CCC(C)(C)CC1CC(C(C)(C)CC)C(=O)NC1=O. The molecule has 3 heteroatoms. The lowest BCUT2D eigenvalue weighted by Gasteiger charge is -2.39. The Hall–Kier alpha value is -0.860. The van der Waals surface area contributed by atoms with Crippen molar-refractivity contribution in [2.24, 2.45) is 22.7 Å². The van der Waals surface area contributed by atoms with Crippen LogP contribution in [0.2, 0.25) is 0 Å². The Kier molecular flexibility index (Phi) is 4.81. The van der Waals surface area contributed by atoms with Gasteiger partial charge >= 0.3 is 0 Å². The molecule has 1 aliphatic heterocycles. The molecule has 1 saturated heterocycles. The minimum atomic E-state index is -0.0811. The summed E-state index contributed by atoms with van der Waals surface area (Å²) in [6.07, 6.45) is 3.56. The Morgan fingerprint density at radius 1 is 1.05 bits per heavy atom. The smallest absolute Gasteiger partial charge is 0.230 e. The average Bonchev–Trinajstić information content (AvgIpc) is 2.32. The molecule has 0 radical (unpaired) electrons. The third-order valence-corrected chi connectivity index (χ3v) is 5.06. The topological polar surface area (TPSA) is 46.2 Å². The molecular formula is C16H29NO2. The van der Waals surface area contributed by atoms with Crippen molar-refractivity contribution in [2.75, 3.05) is 0 Å². The first-order valence-electron chi connectivity index (χ1n) is 7.47. The Labute approximate surface area is 117 Å². The Bertz CT molecular complexity index is 358. The summed E-state index contributed by atoms with van der Waals surface area (Å²) in [6, 6.07) is 0. The highest BCUT2D eigenvalue weighted by Gasteiger charge is 2.43. The van der Waals surface area contributed by atoms with E-state index in [4.69, 9.17) is 0 Å². The van der Waals surface area contributed by atoms with Gasteiger partial charge in [0.15, 0.2) is 0 Å². The molecule has 1 fully saturated rings. The monoisotopic (exact) mass is 267 g/mol. The van der Waals surface area contributed by atoms with Gasteiger partial charge in [-0.05, 0) is 23.7 Å². The van der Waals surface area contributed by atoms with E-state index in [2.05, 4.69) is 46.9 Å². The largest absolute Gasteiger partial charge is 0.296 e. The van der Waals surface area contributed by atoms with Gasteiger partial charge in [0.1, 0.15) is 0 Å². The van der Waals surface area contributed by atoms with Crippen molar-refractivity contribution in [1.29, 1.82) is 0 Å². The summed E-state index contributed by atoms with van der Waals surface area (Å²) < 4.78 is 0. The second kappa shape index (κ2) is 5.64. The maximum absolute atomic E-state index is 12.1. The number of carbonyl (C=O) groups excluding carboxylic acids is 2. The van der Waals surface area contributed by atoms with E-state index < -0.39 is 0 Å². The summed E-state index contributed by atoms with van der Waals surface area (Å²) in [6.45, 7) is 12.9. The van der Waals surface area contributed by atoms with Crippen molar-refractivity contribution in [3.8, 4) is 0 Å². The molecule has 2 amide bonds. The van der Waals surface area contributed by atoms with Gasteiger partial charge in [-0.25, -0.2) is 0 Å². The fourth-order valence-corrected chi connectivity index (χ4v) is 2.72. The van der Waals surface area contributed by atoms with Gasteiger partial charge in [-0.15, -0.1) is 0 Å². The quantitative estimate of drug-likeness (QED) is 0.775. The van der Waals surface area contributed by atoms with Gasteiger partial charge in [-0.1, -0.05) is 54.4 Å². The molecule has 1 aliphatic rings. The first kappa shape index (κ1) is 16.2. The van der Waals surface area contributed by atoms with Crippen LogP contribution in [-0.4, -0.2) is 11.8 Å². The third kappa shape index (κ3) is 3.80. The standard InChI is InChI=1S/C16H29NO2/c1-7-15(3,4)10-11-9-12(16(5,6)8-2)14(19)17-13(11)18/h11-12H,7-10H2,1-6H3,(H,17,18,19). The highest BCUT2D eigenvalue weighted by atomic mass is 16.2. The summed E-state index contributed by atoms with van der Waals surface area (Å²) in [5, 5.41) is 2.59. The van der Waals surface area contributed by atoms with Gasteiger partial charge < -0.3 is 0 Å². The second-order valence-corrected chi connectivity index (χ2v) is 7.40. The molecule has 0 aromatic heterocycles. The molecule has 110 valence electrons. The van der Waals surface area contributed by atoms with Crippen molar-refractivity contribution in [3.63, 3.8) is 0 Å². The first-order chi connectivity index (χ1) is 8.63. The van der Waals surface area contributed by atoms with Gasteiger partial charge in [0.25, 0.3) is 0 Å². The van der Waals surface area contributed by atoms with Crippen molar-refractivity contribution in [1.82, 2.24) is 5.32 Å². The minimum Gasteiger partial charge on any atom is -0.296 e. The van der Waals surface area contributed by atoms with Crippen LogP contribution >= 0.6 is 0 Å². The number of nitrogens with one attached hydrogen (secondary N) is 1. The third-order valence-electron chi connectivity index (χ3n) is 5.06. The van der Waals surface area contributed by atoms with Crippen molar-refractivity contribution < 1.29 is 9.59 Å². The fourth-order valence-electron chi connectivity index (χ4n) is 2.72. The first-order valence-corrected chi connectivity index (χ1v) is 7.47. The molecule has 0 saturated carbocycles. The van der Waals surface area contributed by atoms with Crippen LogP contribution in [-0.2, 0) is 9.59 Å². The van der Waals surface area contributed by atoms with Gasteiger partial charge in [0, 0.05) is 11.8 Å². The van der Waals surface area contributed by atoms with Crippen LogP contribution < -0.4 is 5.32 Å². The maximum Gasteiger partial charge on any atom is 0.230 e. The van der Waals surface area contributed by atoms with Crippen LogP contribution in [0.4, 0.5) is 0 Å². The number of hydrogen-bond acceptors (Lipinski definition) is 2. The van der Waals surface area contributed by atoms with E-state index in [9.17, 15) is 9.59 Å². The lowest BCUT2D eigenvalue weighted by molar-refractivity contribution is -0.144. The molecule has 3 nitrogen and oxygen atoms in total. The normalized spacial score (nSPS) is 25.4. The van der Waals surface area contributed by atoms with E-state index >= 15 is 0 Å². The van der Waals surface area contributed by atoms with E-state index in [1.54, 1.807) is 0 Å². The molecule has 2 atom stereocenters. The molecule has 0 bridgehead atoms. The molecule has 1 rings (SSSR count). The molecule has 1 heterocycles. The Morgan fingerprint density at radius 2 is 1.63 bits per heavy atom. The molecule has 0 aromatic carbocycles. The van der Waals surface area contributed by atoms with Crippen LogP contribution in [0.3, 0.4) is 0 Å². The minimum absolute atomic E-state index is 0.0246. The summed E-state index contributed by atoms with van der Waals surface area (Å²) >= 11 is 0. The van der Waals surface area contributed by atoms with Gasteiger partial charge in [0.2, 0.25) is 11.8 Å². The van der Waals surface area contributed by atoms with E-state index in [1.165, 1.54) is 0 Å². The molecule has 19 heavy (non-hydrogen) atoms. The van der Waals surface area contributed by atoms with Crippen LogP contribution in [0, 0.1) is 22.7 Å². The maximum atomic E-state index is 12.1. The van der Waals surface area contributed by atoms with Crippen molar-refractivity contribution in [2.45, 2.75) is 67.2 Å². The number of piperidine rings is 1. The van der Waals surface area contributed by atoms with Crippen LogP contribution in [0.15, 0.2) is 0 Å². The summed E-state index contributed by atoms with van der Waals surface area (Å²) in [4.78, 5) is 24.1. The summed E-state index contributed by atoms with van der Waals surface area (Å²) in [7, 11) is 0. The van der Waals surface area contributed by atoms with Crippen LogP contribution in [0.25, 0.3) is 0 Å². The van der Waals surface area contributed by atoms with E-state index in [-0.39, 0.29) is 34.5 Å². The summed E-state index contributed by atoms with van der Waals surface area (Å²) in [5.41, 5.74) is 0.114. The van der Waals surface area contributed by atoms with Gasteiger partial charge in [0.05, 0.1) is 0 Å². The predicted octanol–water partition coefficient (Wildman–Crippen LogP) is 3.53. The molecule has 0 aromatic rings. The van der Waals surface area contributed by atoms with Crippen molar-refractivity contribution in [3.05, 3.63) is 0 Å². The van der Waals surface area contributed by atoms with E-state index in [0.29, 0.717) is 6.42 Å².